The summed E-state index contributed by atoms with van der Waals surface area (Å²) in [4.78, 5) is 10.9. The van der Waals surface area contributed by atoms with Crippen LogP contribution in [0.1, 0.15) is 15.9 Å². The lowest BCUT2D eigenvalue weighted by atomic mass is 10.2. The first-order chi connectivity index (χ1) is 11.5. The number of nitrogens with one attached hydrogen (secondary N) is 2. The van der Waals surface area contributed by atoms with E-state index in [-0.39, 0.29) is 22.2 Å². The van der Waals surface area contributed by atoms with Crippen LogP contribution in [0.3, 0.4) is 0 Å². The minimum absolute atomic E-state index is 0.138. The van der Waals surface area contributed by atoms with Gasteiger partial charge in [-0.15, -0.1) is 0 Å². The van der Waals surface area contributed by atoms with Gasteiger partial charge in [0, 0.05) is 5.69 Å². The highest BCUT2D eigenvalue weighted by molar-refractivity contribution is 7.80. The molecule has 2 aromatic rings. The van der Waals surface area contributed by atoms with Crippen LogP contribution >= 0.6 is 12.2 Å². The fourth-order valence-electron chi connectivity index (χ4n) is 1.84. The van der Waals surface area contributed by atoms with Crippen molar-refractivity contribution in [2.75, 3.05) is 12.4 Å². The average Bonchev–Trinajstić information content (AvgIpc) is 2.56. The smallest absolute Gasteiger partial charge is 0.335 e. The second kappa shape index (κ2) is 7.93. The number of carboxylic acid groups (broad SMARTS) is 1. The Kier molecular flexibility index (Phi) is 5.69. The summed E-state index contributed by atoms with van der Waals surface area (Å²) in [7, 11) is 1.42. The number of thiocarbonyl (C=S) groups is 1. The number of nitrogens with zero attached hydrogens (tertiary/aromatic N) is 1. The Morgan fingerprint density at radius 3 is 2.79 bits per heavy atom. The molecule has 0 unspecified atom stereocenters. The molecule has 0 aliphatic heterocycles. The normalized spacial score (nSPS) is 10.4. The number of carbonyl (C=O) groups is 1. The van der Waals surface area contributed by atoms with Crippen LogP contribution in [-0.2, 0) is 0 Å². The molecule has 0 fully saturated rings. The molecule has 2 rings (SSSR count). The van der Waals surface area contributed by atoms with Gasteiger partial charge in [-0.25, -0.2) is 4.79 Å². The number of hydrogen-bond donors (Lipinski definition) is 3. The molecule has 8 heteroatoms. The number of ether oxygens (including phenoxy) is 1. The Labute approximate surface area is 143 Å². The van der Waals surface area contributed by atoms with E-state index in [2.05, 4.69) is 15.8 Å². The summed E-state index contributed by atoms with van der Waals surface area (Å²) >= 11 is 5.06. The van der Waals surface area contributed by atoms with Gasteiger partial charge in [0.25, 0.3) is 0 Å². The van der Waals surface area contributed by atoms with E-state index in [4.69, 9.17) is 22.1 Å². The first-order valence-corrected chi connectivity index (χ1v) is 7.19. The van der Waals surface area contributed by atoms with Crippen molar-refractivity contribution < 1.29 is 19.7 Å². The SMILES string of the molecule is COc1cccc(/C=N/NC(=S)Nc2cccc(C(=O)O)c2)c1[O-]. The number of aromatic carboxylic acids is 1. The van der Waals surface area contributed by atoms with Crippen LogP contribution < -0.4 is 20.6 Å². The summed E-state index contributed by atoms with van der Waals surface area (Å²) < 4.78 is 4.94. The molecular weight excluding hydrogens is 330 g/mol. The zero-order chi connectivity index (χ0) is 17.5. The molecule has 0 saturated heterocycles. The standard InChI is InChI=1S/C16H15N3O4S/c1-23-13-7-3-5-11(14(13)20)9-17-19-16(24)18-12-6-2-4-10(8-12)15(21)22/h2-9,20H,1H3,(H,21,22)(H2,18,19,24)/p-1/b17-9+. The van der Waals surface area contributed by atoms with E-state index in [9.17, 15) is 9.90 Å². The molecule has 0 heterocycles. The van der Waals surface area contributed by atoms with Gasteiger partial charge in [0.05, 0.1) is 18.9 Å². The van der Waals surface area contributed by atoms with Gasteiger partial charge in [-0.2, -0.15) is 5.10 Å². The number of methoxy groups -OCH3 is 1. The molecule has 0 spiro atoms. The maximum Gasteiger partial charge on any atom is 0.335 e. The fourth-order valence-corrected chi connectivity index (χ4v) is 2.02. The quantitative estimate of drug-likeness (QED) is 0.431. The minimum Gasteiger partial charge on any atom is -0.870 e. The van der Waals surface area contributed by atoms with Crippen LogP contribution in [-0.4, -0.2) is 29.5 Å². The number of carboxylic acids is 1. The molecule has 0 saturated carbocycles. The molecule has 0 aliphatic rings. The molecule has 3 N–H and O–H groups in total. The zero-order valence-electron chi connectivity index (χ0n) is 12.6. The molecule has 0 bridgehead atoms. The third-order valence-electron chi connectivity index (χ3n) is 2.97. The highest BCUT2D eigenvalue weighted by Gasteiger charge is 2.04. The monoisotopic (exact) mass is 344 g/mol. The summed E-state index contributed by atoms with van der Waals surface area (Å²) in [5.74, 6) is -1.08. The van der Waals surface area contributed by atoms with Crippen molar-refractivity contribution in [1.29, 1.82) is 0 Å². The fraction of sp³-hybridized carbons (Fsp3) is 0.0625. The van der Waals surface area contributed by atoms with Crippen molar-refractivity contribution in [2.24, 2.45) is 5.10 Å². The van der Waals surface area contributed by atoms with Crippen molar-refractivity contribution in [1.82, 2.24) is 5.43 Å². The van der Waals surface area contributed by atoms with Gasteiger partial charge in [0.15, 0.2) is 5.11 Å². The van der Waals surface area contributed by atoms with E-state index in [1.54, 1.807) is 30.3 Å². The van der Waals surface area contributed by atoms with Crippen LogP contribution in [0, 0.1) is 0 Å². The molecule has 0 radical (unpaired) electrons. The maximum absolute atomic E-state index is 11.9. The predicted octanol–water partition coefficient (Wildman–Crippen LogP) is 1.79. The Morgan fingerprint density at radius 2 is 2.08 bits per heavy atom. The van der Waals surface area contributed by atoms with Crippen molar-refractivity contribution in [3.8, 4) is 11.5 Å². The first kappa shape index (κ1) is 17.2. The van der Waals surface area contributed by atoms with Crippen LogP contribution in [0.2, 0.25) is 0 Å². The summed E-state index contributed by atoms with van der Waals surface area (Å²) in [6.45, 7) is 0. The van der Waals surface area contributed by atoms with Crippen molar-refractivity contribution in [2.45, 2.75) is 0 Å². The summed E-state index contributed by atoms with van der Waals surface area (Å²) in [6.07, 6.45) is 1.33. The van der Waals surface area contributed by atoms with Gasteiger partial charge in [0.2, 0.25) is 0 Å². The van der Waals surface area contributed by atoms with Gasteiger partial charge in [-0.05, 0) is 42.0 Å². The molecule has 0 amide bonds. The number of rotatable bonds is 5. The van der Waals surface area contributed by atoms with Crippen LogP contribution in [0.25, 0.3) is 0 Å². The number of anilines is 1. The van der Waals surface area contributed by atoms with E-state index >= 15 is 0 Å². The summed E-state index contributed by atoms with van der Waals surface area (Å²) in [5.41, 5.74) is 3.55. The molecular formula is C16H14N3O4S-. The average molecular weight is 344 g/mol. The predicted molar refractivity (Wildman–Crippen MR) is 92.8 cm³/mol. The number of hydrazone groups is 1. The van der Waals surface area contributed by atoms with Gasteiger partial charge in [-0.3, -0.25) is 5.43 Å². The largest absolute Gasteiger partial charge is 0.870 e. The molecule has 7 nitrogen and oxygen atoms in total. The lowest BCUT2D eigenvalue weighted by molar-refractivity contribution is -0.270. The van der Waals surface area contributed by atoms with E-state index in [1.165, 1.54) is 25.5 Å². The van der Waals surface area contributed by atoms with Crippen LogP contribution in [0.5, 0.6) is 11.5 Å². The molecule has 24 heavy (non-hydrogen) atoms. The molecule has 2 aromatic carbocycles. The topological polar surface area (TPSA) is 106 Å². The molecule has 124 valence electrons. The van der Waals surface area contributed by atoms with E-state index < -0.39 is 5.97 Å². The van der Waals surface area contributed by atoms with E-state index in [0.717, 1.165) is 0 Å². The van der Waals surface area contributed by atoms with Gasteiger partial charge in [0.1, 0.15) is 5.75 Å². The van der Waals surface area contributed by atoms with Crippen molar-refractivity contribution in [3.05, 3.63) is 53.6 Å². The minimum atomic E-state index is -1.03. The van der Waals surface area contributed by atoms with Crippen molar-refractivity contribution >= 4 is 35.2 Å². The van der Waals surface area contributed by atoms with Crippen molar-refractivity contribution in [3.63, 3.8) is 0 Å². The summed E-state index contributed by atoms with van der Waals surface area (Å²) in [6, 6.07) is 11.0. The second-order valence-electron chi connectivity index (χ2n) is 4.59. The zero-order valence-corrected chi connectivity index (χ0v) is 13.5. The van der Waals surface area contributed by atoms with Gasteiger partial charge in [-0.1, -0.05) is 23.9 Å². The lowest BCUT2D eigenvalue weighted by Gasteiger charge is -2.14. The molecule has 0 aromatic heterocycles. The van der Waals surface area contributed by atoms with E-state index in [0.29, 0.717) is 11.3 Å². The number of benzene rings is 2. The number of hydrogen-bond acceptors (Lipinski definition) is 5. The van der Waals surface area contributed by atoms with Gasteiger partial charge >= 0.3 is 5.97 Å². The Hall–Kier alpha value is -3.13. The molecule has 0 aliphatic carbocycles. The van der Waals surface area contributed by atoms with Gasteiger partial charge < -0.3 is 20.3 Å². The first-order valence-electron chi connectivity index (χ1n) is 6.78. The Bertz CT molecular complexity index is 793. The highest BCUT2D eigenvalue weighted by Crippen LogP contribution is 2.24. The maximum atomic E-state index is 11.9. The third-order valence-corrected chi connectivity index (χ3v) is 3.16. The lowest BCUT2D eigenvalue weighted by Crippen LogP contribution is -2.24. The van der Waals surface area contributed by atoms with Crippen LogP contribution in [0.4, 0.5) is 5.69 Å². The second-order valence-corrected chi connectivity index (χ2v) is 5.00. The summed E-state index contributed by atoms with van der Waals surface area (Å²) in [5, 5.41) is 27.7. The van der Waals surface area contributed by atoms with Crippen LogP contribution in [0.15, 0.2) is 47.6 Å². The Balaban J connectivity index is 1.98. The Morgan fingerprint density at radius 1 is 1.33 bits per heavy atom. The third kappa shape index (κ3) is 4.43. The number of para-hydroxylation sites is 1. The highest BCUT2D eigenvalue weighted by atomic mass is 32.1. The molecule has 0 atom stereocenters. The van der Waals surface area contributed by atoms with E-state index in [1.807, 2.05) is 0 Å².